The Morgan fingerprint density at radius 2 is 1.53 bits per heavy atom. The second-order valence-electron chi connectivity index (χ2n) is 4.79. The number of halogens is 1. The molecule has 19 heavy (non-hydrogen) atoms. The topological polar surface area (TPSA) is 29.1 Å². The predicted molar refractivity (Wildman–Crippen MR) is 77.0 cm³/mol. The summed E-state index contributed by atoms with van der Waals surface area (Å²) in [4.78, 5) is 11.2. The van der Waals surface area contributed by atoms with Crippen molar-refractivity contribution in [2.24, 2.45) is 0 Å². The van der Waals surface area contributed by atoms with Crippen molar-refractivity contribution in [2.45, 2.75) is 18.9 Å². The Hall–Kier alpha value is -1.80. The van der Waals surface area contributed by atoms with Gasteiger partial charge in [-0.2, -0.15) is 0 Å². The summed E-state index contributed by atoms with van der Waals surface area (Å²) in [6.07, 6.45) is 1.52. The average molecular weight is 272 g/mol. The van der Waals surface area contributed by atoms with Crippen molar-refractivity contribution < 1.29 is 4.79 Å². The maximum Gasteiger partial charge on any atom is 0.220 e. The highest BCUT2D eigenvalue weighted by Crippen LogP contribution is 2.27. The van der Waals surface area contributed by atoms with Crippen molar-refractivity contribution in [1.29, 1.82) is 0 Å². The zero-order chi connectivity index (χ0) is 13.2. The summed E-state index contributed by atoms with van der Waals surface area (Å²) in [5.41, 5.74) is 3.47. The van der Waals surface area contributed by atoms with E-state index in [0.717, 1.165) is 22.6 Å². The molecule has 96 valence electrons. The number of amides is 1. The van der Waals surface area contributed by atoms with Crippen LogP contribution in [0.5, 0.6) is 0 Å². The highest BCUT2D eigenvalue weighted by molar-refractivity contribution is 6.30. The Morgan fingerprint density at radius 3 is 2.05 bits per heavy atom. The minimum atomic E-state index is 0.145. The van der Waals surface area contributed by atoms with Crippen LogP contribution in [0.2, 0.25) is 5.02 Å². The van der Waals surface area contributed by atoms with Crippen LogP contribution < -0.4 is 5.32 Å². The van der Waals surface area contributed by atoms with Gasteiger partial charge in [0.05, 0.1) is 6.04 Å². The Morgan fingerprint density at radius 1 is 0.947 bits per heavy atom. The van der Waals surface area contributed by atoms with Crippen LogP contribution >= 0.6 is 11.6 Å². The molecule has 1 atom stereocenters. The third kappa shape index (κ3) is 2.64. The molecule has 2 aromatic rings. The van der Waals surface area contributed by atoms with Gasteiger partial charge in [-0.05, 0) is 35.2 Å². The van der Waals surface area contributed by atoms with Crippen LogP contribution in [0.1, 0.15) is 24.4 Å². The molecule has 0 aromatic heterocycles. The first-order valence-corrected chi connectivity index (χ1v) is 6.75. The average Bonchev–Trinajstić information content (AvgIpc) is 2.87. The van der Waals surface area contributed by atoms with Crippen LogP contribution in [0.15, 0.2) is 48.5 Å². The van der Waals surface area contributed by atoms with Crippen LogP contribution in [0.4, 0.5) is 0 Å². The standard InChI is InChI=1S/C16H14ClNO/c17-14-7-5-12(6-8-14)11-1-3-13(4-2-11)15-9-10-16(19)18-15/h1-8,15H,9-10H2,(H,18,19). The third-order valence-electron chi connectivity index (χ3n) is 3.49. The number of rotatable bonds is 2. The smallest absolute Gasteiger partial charge is 0.220 e. The van der Waals surface area contributed by atoms with Crippen molar-refractivity contribution >= 4 is 17.5 Å². The van der Waals surface area contributed by atoms with Crippen molar-refractivity contribution in [3.05, 3.63) is 59.1 Å². The van der Waals surface area contributed by atoms with E-state index in [9.17, 15) is 4.79 Å². The maximum absolute atomic E-state index is 11.2. The molecule has 0 saturated carbocycles. The molecule has 0 aliphatic carbocycles. The van der Waals surface area contributed by atoms with E-state index < -0.39 is 0 Å². The second-order valence-corrected chi connectivity index (χ2v) is 5.22. The van der Waals surface area contributed by atoms with E-state index in [0.29, 0.717) is 6.42 Å². The van der Waals surface area contributed by atoms with Gasteiger partial charge in [0, 0.05) is 11.4 Å². The number of nitrogens with one attached hydrogen (secondary N) is 1. The Kier molecular flexibility index (Phi) is 3.26. The fourth-order valence-corrected chi connectivity index (χ4v) is 2.54. The molecule has 3 rings (SSSR count). The number of carbonyl (C=O) groups excluding carboxylic acids is 1. The lowest BCUT2D eigenvalue weighted by molar-refractivity contribution is -0.119. The van der Waals surface area contributed by atoms with Gasteiger partial charge in [-0.15, -0.1) is 0 Å². The minimum absolute atomic E-state index is 0.145. The Balaban J connectivity index is 1.82. The molecule has 2 aromatic carbocycles. The van der Waals surface area contributed by atoms with E-state index in [1.165, 1.54) is 5.56 Å². The molecular weight excluding hydrogens is 258 g/mol. The predicted octanol–water partition coefficient (Wildman–Crippen LogP) is 3.96. The van der Waals surface area contributed by atoms with Gasteiger partial charge in [0.1, 0.15) is 0 Å². The second kappa shape index (κ2) is 5.06. The zero-order valence-electron chi connectivity index (χ0n) is 10.4. The highest BCUT2D eigenvalue weighted by Gasteiger charge is 2.21. The van der Waals surface area contributed by atoms with E-state index in [1.54, 1.807) is 0 Å². The van der Waals surface area contributed by atoms with Crippen LogP contribution in [0.25, 0.3) is 11.1 Å². The van der Waals surface area contributed by atoms with E-state index in [4.69, 9.17) is 11.6 Å². The molecule has 1 aliphatic rings. The van der Waals surface area contributed by atoms with Crippen molar-refractivity contribution in [2.75, 3.05) is 0 Å². The van der Waals surface area contributed by atoms with Crippen molar-refractivity contribution in [3.8, 4) is 11.1 Å². The van der Waals surface area contributed by atoms with Crippen molar-refractivity contribution in [1.82, 2.24) is 5.32 Å². The van der Waals surface area contributed by atoms with E-state index in [1.807, 2.05) is 24.3 Å². The first-order valence-electron chi connectivity index (χ1n) is 6.37. The van der Waals surface area contributed by atoms with Gasteiger partial charge >= 0.3 is 0 Å². The number of hydrogen-bond donors (Lipinski definition) is 1. The summed E-state index contributed by atoms with van der Waals surface area (Å²) in [7, 11) is 0. The van der Waals surface area contributed by atoms with Crippen LogP contribution in [0, 0.1) is 0 Å². The molecule has 0 bridgehead atoms. The molecule has 1 N–H and O–H groups in total. The molecule has 1 heterocycles. The fourth-order valence-electron chi connectivity index (χ4n) is 2.41. The third-order valence-corrected chi connectivity index (χ3v) is 3.74. The molecule has 1 aliphatic heterocycles. The Bertz CT molecular complexity index is 589. The van der Waals surface area contributed by atoms with Gasteiger partial charge in [0.2, 0.25) is 5.91 Å². The number of benzene rings is 2. The van der Waals surface area contributed by atoms with E-state index >= 15 is 0 Å². The maximum atomic E-state index is 11.2. The van der Waals surface area contributed by atoms with E-state index in [2.05, 4.69) is 29.6 Å². The van der Waals surface area contributed by atoms with Gasteiger partial charge in [-0.3, -0.25) is 4.79 Å². The molecular formula is C16H14ClNO. The van der Waals surface area contributed by atoms with Gasteiger partial charge in [0.25, 0.3) is 0 Å². The normalized spacial score (nSPS) is 18.4. The summed E-state index contributed by atoms with van der Waals surface area (Å²) < 4.78 is 0. The van der Waals surface area contributed by atoms with Crippen molar-refractivity contribution in [3.63, 3.8) is 0 Å². The van der Waals surface area contributed by atoms with Gasteiger partial charge in [-0.25, -0.2) is 0 Å². The first-order chi connectivity index (χ1) is 9.22. The lowest BCUT2D eigenvalue weighted by Gasteiger charge is -2.11. The summed E-state index contributed by atoms with van der Waals surface area (Å²) in [6.45, 7) is 0. The molecule has 1 fully saturated rings. The number of carbonyl (C=O) groups is 1. The quantitative estimate of drug-likeness (QED) is 0.880. The van der Waals surface area contributed by atoms with Crippen LogP contribution in [-0.2, 0) is 4.79 Å². The monoisotopic (exact) mass is 271 g/mol. The van der Waals surface area contributed by atoms with Crippen LogP contribution in [-0.4, -0.2) is 5.91 Å². The fraction of sp³-hybridized carbons (Fsp3) is 0.188. The van der Waals surface area contributed by atoms with Gasteiger partial charge < -0.3 is 5.32 Å². The lowest BCUT2D eigenvalue weighted by Crippen LogP contribution is -2.18. The zero-order valence-corrected chi connectivity index (χ0v) is 11.2. The Labute approximate surface area is 117 Å². The molecule has 1 amide bonds. The molecule has 0 spiro atoms. The van der Waals surface area contributed by atoms with Gasteiger partial charge in [0.15, 0.2) is 0 Å². The molecule has 1 unspecified atom stereocenters. The summed E-state index contributed by atoms with van der Waals surface area (Å²) in [6, 6.07) is 16.3. The largest absolute Gasteiger partial charge is 0.349 e. The summed E-state index contributed by atoms with van der Waals surface area (Å²) in [5, 5.41) is 3.72. The first kappa shape index (κ1) is 12.2. The highest BCUT2D eigenvalue weighted by atomic mass is 35.5. The molecule has 2 nitrogen and oxygen atoms in total. The molecule has 0 radical (unpaired) electrons. The van der Waals surface area contributed by atoms with Gasteiger partial charge in [-0.1, -0.05) is 48.0 Å². The number of hydrogen-bond acceptors (Lipinski definition) is 1. The molecule has 1 saturated heterocycles. The van der Waals surface area contributed by atoms with E-state index in [-0.39, 0.29) is 11.9 Å². The molecule has 3 heteroatoms. The SMILES string of the molecule is O=C1CCC(c2ccc(-c3ccc(Cl)cc3)cc2)N1. The summed E-state index contributed by atoms with van der Waals surface area (Å²) in [5.74, 6) is 0.145. The summed E-state index contributed by atoms with van der Waals surface area (Å²) >= 11 is 5.88. The minimum Gasteiger partial charge on any atom is -0.349 e. The lowest BCUT2D eigenvalue weighted by atomic mass is 10.00. The van der Waals surface area contributed by atoms with Crippen LogP contribution in [0.3, 0.4) is 0 Å².